The third-order valence-electron chi connectivity index (χ3n) is 6.51. The summed E-state index contributed by atoms with van der Waals surface area (Å²) in [5.74, 6) is -3.00. The zero-order valence-electron chi connectivity index (χ0n) is 25.0. The summed E-state index contributed by atoms with van der Waals surface area (Å²) in [4.78, 5) is 23.8. The molecular weight excluding hydrogens is 656 g/mol. The van der Waals surface area contributed by atoms with Gasteiger partial charge in [0.25, 0.3) is 20.0 Å². The molecule has 0 aliphatic carbocycles. The Hall–Kier alpha value is -4.18. The van der Waals surface area contributed by atoms with Crippen LogP contribution in [0.1, 0.15) is 43.9 Å². The van der Waals surface area contributed by atoms with E-state index >= 15 is 0 Å². The third-order valence-corrected chi connectivity index (χ3v) is 9.67. The van der Waals surface area contributed by atoms with Crippen molar-refractivity contribution in [2.45, 2.75) is 68.2 Å². The lowest BCUT2D eigenvalue weighted by molar-refractivity contribution is -0.154. The van der Waals surface area contributed by atoms with Crippen molar-refractivity contribution in [2.75, 3.05) is 10.8 Å². The van der Waals surface area contributed by atoms with Crippen molar-refractivity contribution in [1.82, 2.24) is 4.72 Å². The van der Waals surface area contributed by atoms with E-state index in [4.69, 9.17) is 9.47 Å². The van der Waals surface area contributed by atoms with Gasteiger partial charge < -0.3 is 9.47 Å². The van der Waals surface area contributed by atoms with Gasteiger partial charge in [-0.1, -0.05) is 18.2 Å². The number of fused-ring (bicyclic) bond motifs is 1. The quantitative estimate of drug-likeness (QED) is 0.262. The number of anilines is 1. The van der Waals surface area contributed by atoms with E-state index in [0.29, 0.717) is 23.3 Å². The number of halogens is 4. The molecular formula is C30H30F4N2O8S2. The highest BCUT2D eigenvalue weighted by Gasteiger charge is 2.38. The van der Waals surface area contributed by atoms with Gasteiger partial charge >= 0.3 is 12.1 Å². The van der Waals surface area contributed by atoms with Gasteiger partial charge in [0, 0.05) is 0 Å². The Morgan fingerprint density at radius 1 is 1.00 bits per heavy atom. The highest BCUT2D eigenvalue weighted by Crippen LogP contribution is 2.39. The normalized spacial score (nSPS) is 15.5. The molecule has 1 aliphatic rings. The number of carbonyl (C=O) groups is 2. The number of nitrogens with zero attached hydrogens (tertiary/aromatic N) is 1. The number of sulfonamides is 2. The Kier molecular flexibility index (Phi) is 9.46. The molecule has 248 valence electrons. The first kappa shape index (κ1) is 34.7. The number of amides is 1. The summed E-state index contributed by atoms with van der Waals surface area (Å²) in [6.45, 7) is 5.87. The maximum atomic E-state index is 14.3. The molecule has 3 aromatic rings. The molecule has 0 radical (unpaired) electrons. The molecule has 0 spiro atoms. The average molecular weight is 687 g/mol. The van der Waals surface area contributed by atoms with Crippen LogP contribution in [0, 0.1) is 12.7 Å². The summed E-state index contributed by atoms with van der Waals surface area (Å²) in [5, 5.41) is 0. The van der Waals surface area contributed by atoms with E-state index in [9.17, 15) is 44.0 Å². The van der Waals surface area contributed by atoms with Gasteiger partial charge in [0.2, 0.25) is 5.91 Å². The van der Waals surface area contributed by atoms with Crippen LogP contribution in [0.3, 0.4) is 0 Å². The summed E-state index contributed by atoms with van der Waals surface area (Å²) >= 11 is 0. The van der Waals surface area contributed by atoms with E-state index in [1.54, 1.807) is 25.5 Å². The van der Waals surface area contributed by atoms with Crippen LogP contribution in [0.25, 0.3) is 0 Å². The number of hydrogen-bond acceptors (Lipinski definition) is 8. The minimum absolute atomic E-state index is 0.111. The monoisotopic (exact) mass is 686 g/mol. The van der Waals surface area contributed by atoms with Crippen LogP contribution < -0.4 is 13.8 Å². The third kappa shape index (κ3) is 8.15. The lowest BCUT2D eigenvalue weighted by Gasteiger charge is -2.35. The van der Waals surface area contributed by atoms with Gasteiger partial charge in [-0.05, 0) is 81.3 Å². The van der Waals surface area contributed by atoms with Gasteiger partial charge in [0.05, 0.1) is 35.5 Å². The smallest absolute Gasteiger partial charge is 0.416 e. The average Bonchev–Trinajstić information content (AvgIpc) is 2.92. The number of rotatable bonds is 8. The Bertz CT molecular complexity index is 1890. The number of hydrogen-bond donors (Lipinski definition) is 1. The van der Waals surface area contributed by atoms with Crippen molar-refractivity contribution in [1.29, 1.82) is 0 Å². The van der Waals surface area contributed by atoms with Crippen LogP contribution in [0.15, 0.2) is 70.5 Å². The minimum Gasteiger partial charge on any atom is -0.486 e. The molecule has 0 saturated carbocycles. The second-order valence-corrected chi connectivity index (χ2v) is 15.0. The van der Waals surface area contributed by atoms with Crippen molar-refractivity contribution in [3.63, 3.8) is 0 Å². The molecule has 1 heterocycles. The highest BCUT2D eigenvalue weighted by atomic mass is 32.2. The fourth-order valence-corrected chi connectivity index (χ4v) is 7.28. The zero-order chi connectivity index (χ0) is 34.2. The Morgan fingerprint density at radius 3 is 2.35 bits per heavy atom. The molecule has 0 fully saturated rings. The first-order valence-corrected chi connectivity index (χ1v) is 16.6. The number of nitrogens with one attached hydrogen (secondary N) is 1. The predicted molar refractivity (Wildman–Crippen MR) is 157 cm³/mol. The van der Waals surface area contributed by atoms with Crippen LogP contribution in [-0.2, 0) is 47.0 Å². The minimum atomic E-state index is -4.85. The van der Waals surface area contributed by atoms with Gasteiger partial charge in [-0.15, -0.1) is 0 Å². The largest absolute Gasteiger partial charge is 0.486 e. The summed E-state index contributed by atoms with van der Waals surface area (Å²) in [6, 6.07) is 10.4. The highest BCUT2D eigenvalue weighted by molar-refractivity contribution is 7.92. The number of carbonyl (C=O) groups excluding carboxylic acids is 2. The van der Waals surface area contributed by atoms with Crippen molar-refractivity contribution in [3.05, 3.63) is 83.2 Å². The lowest BCUT2D eigenvalue weighted by atomic mass is 10.1. The van der Waals surface area contributed by atoms with E-state index < -0.39 is 83.9 Å². The summed E-state index contributed by atoms with van der Waals surface area (Å²) in [5.41, 5.74) is -1.46. The molecule has 1 amide bonds. The number of aryl methyl sites for hydroxylation is 1. The van der Waals surface area contributed by atoms with Crippen molar-refractivity contribution < 1.29 is 53.5 Å². The fourth-order valence-electron chi connectivity index (χ4n) is 4.58. The van der Waals surface area contributed by atoms with Gasteiger partial charge in [-0.2, -0.15) is 13.2 Å². The van der Waals surface area contributed by atoms with Crippen molar-refractivity contribution in [2.24, 2.45) is 0 Å². The Balaban J connectivity index is 1.68. The predicted octanol–water partition coefficient (Wildman–Crippen LogP) is 4.89. The van der Waals surface area contributed by atoms with Crippen LogP contribution >= 0.6 is 0 Å². The molecule has 3 aromatic carbocycles. The number of benzene rings is 3. The molecule has 4 rings (SSSR count). The molecule has 10 nitrogen and oxygen atoms in total. The number of alkyl halides is 3. The SMILES string of the molecule is Cc1ccc(F)c(S(=O)(=O)NC(=O)C[C@H]2CN(S(=O)(=O)c3cccc(C(F)(F)F)c3)c3cc(CC(=O)OC(C)(C)C)ccc3O2)c1. The molecule has 0 bridgehead atoms. The van der Waals surface area contributed by atoms with Gasteiger partial charge in [0.15, 0.2) is 0 Å². The standard InChI is InChI=1S/C30H30F4N2O8S2/c1-18-8-10-23(31)26(12-18)45(39,40)35-27(37)16-21-17-36(46(41,42)22-7-5-6-20(15-22)30(32,33)34)24-13-19(9-11-25(24)43-21)14-28(38)44-29(2,3)4/h5-13,15,21H,14,16-17H2,1-4H3,(H,35,37)/t21-/m0/s1. The maximum absolute atomic E-state index is 14.3. The second kappa shape index (κ2) is 12.5. The molecule has 1 N–H and O–H groups in total. The van der Waals surface area contributed by atoms with E-state index in [-0.39, 0.29) is 17.9 Å². The Labute approximate surface area is 263 Å². The van der Waals surface area contributed by atoms with Crippen LogP contribution in [-0.4, -0.2) is 47.0 Å². The van der Waals surface area contributed by atoms with E-state index in [1.165, 1.54) is 31.2 Å². The molecule has 0 unspecified atom stereocenters. The Morgan fingerprint density at radius 2 is 1.70 bits per heavy atom. The van der Waals surface area contributed by atoms with Crippen molar-refractivity contribution in [3.8, 4) is 5.75 Å². The molecule has 1 atom stereocenters. The molecule has 1 aliphatic heterocycles. The summed E-state index contributed by atoms with van der Waals surface area (Å²) in [7, 11) is -9.42. The lowest BCUT2D eigenvalue weighted by Crippen LogP contribution is -2.46. The first-order valence-electron chi connectivity index (χ1n) is 13.7. The van der Waals surface area contributed by atoms with E-state index in [1.807, 2.05) is 0 Å². The van der Waals surface area contributed by atoms with Gasteiger partial charge in [0.1, 0.15) is 28.2 Å². The van der Waals surface area contributed by atoms with E-state index in [0.717, 1.165) is 28.6 Å². The van der Waals surface area contributed by atoms with Crippen LogP contribution in [0.5, 0.6) is 5.75 Å². The summed E-state index contributed by atoms with van der Waals surface area (Å²) < 4.78 is 121. The first-order chi connectivity index (χ1) is 21.2. The van der Waals surface area contributed by atoms with Crippen LogP contribution in [0.2, 0.25) is 0 Å². The molecule has 46 heavy (non-hydrogen) atoms. The topological polar surface area (TPSA) is 136 Å². The van der Waals surface area contributed by atoms with E-state index in [2.05, 4.69) is 0 Å². The molecule has 16 heteroatoms. The molecule has 0 saturated heterocycles. The fraction of sp³-hybridized carbons (Fsp3) is 0.333. The number of ether oxygens (including phenoxy) is 2. The second-order valence-electron chi connectivity index (χ2n) is 11.5. The van der Waals surface area contributed by atoms with Crippen molar-refractivity contribution >= 4 is 37.6 Å². The maximum Gasteiger partial charge on any atom is 0.416 e. The molecule has 0 aromatic heterocycles. The summed E-state index contributed by atoms with van der Waals surface area (Å²) in [6.07, 6.45) is -7.19. The number of esters is 1. The van der Waals surface area contributed by atoms with Crippen LogP contribution in [0.4, 0.5) is 23.2 Å². The van der Waals surface area contributed by atoms with Gasteiger partial charge in [-0.3, -0.25) is 13.9 Å². The zero-order valence-corrected chi connectivity index (χ0v) is 26.6. The van der Waals surface area contributed by atoms with Gasteiger partial charge in [-0.25, -0.2) is 25.9 Å².